The molecule has 0 bridgehead atoms. The van der Waals surface area contributed by atoms with E-state index in [0.717, 1.165) is 17.9 Å². The van der Waals surface area contributed by atoms with Gasteiger partial charge in [-0.2, -0.15) is 0 Å². The van der Waals surface area contributed by atoms with Crippen LogP contribution in [0.3, 0.4) is 0 Å². The van der Waals surface area contributed by atoms with Crippen molar-refractivity contribution in [3.8, 4) is 5.75 Å². The molecule has 0 aliphatic heterocycles. The van der Waals surface area contributed by atoms with Crippen LogP contribution >= 0.6 is 0 Å². The Balaban J connectivity index is 2.66. The molecule has 3 nitrogen and oxygen atoms in total. The van der Waals surface area contributed by atoms with Gasteiger partial charge < -0.3 is 9.84 Å². The van der Waals surface area contributed by atoms with E-state index >= 15 is 0 Å². The quantitative estimate of drug-likeness (QED) is 0.822. The van der Waals surface area contributed by atoms with E-state index < -0.39 is 6.10 Å². The molecule has 1 N–H and O–H groups in total. The highest BCUT2D eigenvalue weighted by molar-refractivity contribution is 5.28. The van der Waals surface area contributed by atoms with Crippen LogP contribution in [0, 0.1) is 5.92 Å². The molecule has 108 valence electrons. The number of hydrogen-bond acceptors (Lipinski definition) is 3. The first kappa shape index (κ1) is 16.0. The first-order valence-corrected chi connectivity index (χ1v) is 7.00. The monoisotopic (exact) mass is 265 g/mol. The predicted octanol–water partition coefficient (Wildman–Crippen LogP) is 3.10. The van der Waals surface area contributed by atoms with Gasteiger partial charge in [0, 0.05) is 19.1 Å². The van der Waals surface area contributed by atoms with Gasteiger partial charge in [-0.15, -0.1) is 0 Å². The summed E-state index contributed by atoms with van der Waals surface area (Å²) < 4.78 is 5.13. The van der Waals surface area contributed by atoms with Gasteiger partial charge in [-0.25, -0.2) is 0 Å². The van der Waals surface area contributed by atoms with E-state index in [1.807, 2.05) is 24.3 Å². The van der Waals surface area contributed by atoms with Gasteiger partial charge in [-0.3, -0.25) is 4.90 Å². The lowest BCUT2D eigenvalue weighted by molar-refractivity contribution is 0.0877. The summed E-state index contributed by atoms with van der Waals surface area (Å²) in [6.45, 7) is 10.4. The molecule has 1 atom stereocenters. The van der Waals surface area contributed by atoms with E-state index in [4.69, 9.17) is 4.74 Å². The third-order valence-corrected chi connectivity index (χ3v) is 3.24. The molecule has 0 aliphatic carbocycles. The topological polar surface area (TPSA) is 32.7 Å². The average Bonchev–Trinajstić information content (AvgIpc) is 2.37. The van der Waals surface area contributed by atoms with Crippen LogP contribution in [-0.2, 0) is 0 Å². The second kappa shape index (κ2) is 7.51. The van der Waals surface area contributed by atoms with Gasteiger partial charge in [-0.1, -0.05) is 26.0 Å². The Bertz CT molecular complexity index is 360. The number of nitrogens with zero attached hydrogens (tertiary/aromatic N) is 1. The summed E-state index contributed by atoms with van der Waals surface area (Å²) in [5, 5.41) is 10.3. The van der Waals surface area contributed by atoms with Gasteiger partial charge in [0.05, 0.1) is 13.2 Å². The van der Waals surface area contributed by atoms with Crippen LogP contribution in [-0.4, -0.2) is 36.2 Å². The number of aliphatic hydroxyl groups excluding tert-OH is 1. The van der Waals surface area contributed by atoms with E-state index in [1.165, 1.54) is 0 Å². The fourth-order valence-electron chi connectivity index (χ4n) is 2.12. The van der Waals surface area contributed by atoms with E-state index in [1.54, 1.807) is 7.11 Å². The lowest BCUT2D eigenvalue weighted by Crippen LogP contribution is -2.37. The van der Waals surface area contributed by atoms with E-state index in [2.05, 4.69) is 32.6 Å². The molecule has 19 heavy (non-hydrogen) atoms. The Morgan fingerprint density at radius 3 is 2.05 bits per heavy atom. The summed E-state index contributed by atoms with van der Waals surface area (Å²) in [6, 6.07) is 8.08. The Morgan fingerprint density at radius 2 is 1.63 bits per heavy atom. The number of aliphatic hydroxyl groups is 1. The first-order valence-electron chi connectivity index (χ1n) is 7.00. The second-order valence-electron chi connectivity index (χ2n) is 5.73. The van der Waals surface area contributed by atoms with Gasteiger partial charge in [-0.05, 0) is 37.5 Å². The van der Waals surface area contributed by atoms with Gasteiger partial charge in [0.25, 0.3) is 0 Å². The molecule has 0 radical (unpaired) electrons. The van der Waals surface area contributed by atoms with Crippen molar-refractivity contribution in [1.29, 1.82) is 0 Å². The molecule has 1 unspecified atom stereocenters. The predicted molar refractivity (Wildman–Crippen MR) is 79.5 cm³/mol. The average molecular weight is 265 g/mol. The molecular weight excluding hydrogens is 238 g/mol. The first-order chi connectivity index (χ1) is 8.93. The number of ether oxygens (including phenoxy) is 1. The van der Waals surface area contributed by atoms with Crippen molar-refractivity contribution in [2.75, 3.05) is 20.2 Å². The summed E-state index contributed by atoms with van der Waals surface area (Å²) in [5.41, 5.74) is 0.940. The molecule has 0 fully saturated rings. The molecule has 1 aromatic carbocycles. The highest BCUT2D eigenvalue weighted by atomic mass is 16.5. The molecule has 0 aliphatic rings. The molecule has 0 saturated heterocycles. The maximum atomic E-state index is 10.3. The number of methoxy groups -OCH3 is 1. The molecule has 0 amide bonds. The summed E-state index contributed by atoms with van der Waals surface area (Å²) >= 11 is 0. The molecule has 0 spiro atoms. The minimum atomic E-state index is -0.452. The molecule has 0 aromatic heterocycles. The summed E-state index contributed by atoms with van der Waals surface area (Å²) in [6.07, 6.45) is -0.452. The van der Waals surface area contributed by atoms with Crippen molar-refractivity contribution in [3.63, 3.8) is 0 Å². The van der Waals surface area contributed by atoms with Crippen molar-refractivity contribution < 1.29 is 9.84 Å². The number of rotatable bonds is 7. The maximum absolute atomic E-state index is 10.3. The maximum Gasteiger partial charge on any atom is 0.118 e. The van der Waals surface area contributed by atoms with Crippen LogP contribution in [0.1, 0.15) is 39.4 Å². The van der Waals surface area contributed by atoms with Crippen LogP contribution in [0.15, 0.2) is 24.3 Å². The van der Waals surface area contributed by atoms with Crippen molar-refractivity contribution >= 4 is 0 Å². The van der Waals surface area contributed by atoms with Crippen molar-refractivity contribution in [3.05, 3.63) is 29.8 Å². The van der Waals surface area contributed by atoms with E-state index in [0.29, 0.717) is 18.5 Å². The lowest BCUT2D eigenvalue weighted by atomic mass is 10.1. The highest BCUT2D eigenvalue weighted by Gasteiger charge is 2.17. The molecular formula is C16H27NO2. The number of hydrogen-bond donors (Lipinski definition) is 1. The van der Waals surface area contributed by atoms with Crippen molar-refractivity contribution in [2.24, 2.45) is 5.92 Å². The Morgan fingerprint density at radius 1 is 1.05 bits per heavy atom. The largest absolute Gasteiger partial charge is 0.497 e. The van der Waals surface area contributed by atoms with Crippen LogP contribution < -0.4 is 4.74 Å². The minimum Gasteiger partial charge on any atom is -0.497 e. The van der Waals surface area contributed by atoms with Crippen LogP contribution in [0.2, 0.25) is 0 Å². The summed E-state index contributed by atoms with van der Waals surface area (Å²) in [4.78, 5) is 2.32. The molecule has 0 heterocycles. The SMILES string of the molecule is COc1ccc(C(O)CN(CC(C)C)C(C)C)cc1. The molecule has 0 saturated carbocycles. The van der Waals surface area contributed by atoms with E-state index in [-0.39, 0.29) is 0 Å². The van der Waals surface area contributed by atoms with Crippen molar-refractivity contribution in [2.45, 2.75) is 39.8 Å². The van der Waals surface area contributed by atoms with Gasteiger partial charge >= 0.3 is 0 Å². The molecule has 3 heteroatoms. The third-order valence-electron chi connectivity index (χ3n) is 3.24. The van der Waals surface area contributed by atoms with Crippen LogP contribution in [0.5, 0.6) is 5.75 Å². The van der Waals surface area contributed by atoms with E-state index in [9.17, 15) is 5.11 Å². The smallest absolute Gasteiger partial charge is 0.118 e. The molecule has 1 aromatic rings. The Labute approximate surface area is 117 Å². The third kappa shape index (κ3) is 5.21. The zero-order valence-corrected chi connectivity index (χ0v) is 12.8. The zero-order chi connectivity index (χ0) is 14.4. The van der Waals surface area contributed by atoms with Gasteiger partial charge in [0.15, 0.2) is 0 Å². The highest BCUT2D eigenvalue weighted by Crippen LogP contribution is 2.19. The second-order valence-corrected chi connectivity index (χ2v) is 5.73. The Kier molecular flexibility index (Phi) is 6.32. The van der Waals surface area contributed by atoms with Crippen LogP contribution in [0.4, 0.5) is 0 Å². The summed E-state index contributed by atoms with van der Waals surface area (Å²) in [7, 11) is 1.65. The standard InChI is InChI=1S/C16H27NO2/c1-12(2)10-17(13(3)4)11-16(18)14-6-8-15(19-5)9-7-14/h6-9,12-13,16,18H,10-11H2,1-5H3. The van der Waals surface area contributed by atoms with Gasteiger partial charge in [0.1, 0.15) is 5.75 Å². The minimum absolute atomic E-state index is 0.440. The Hall–Kier alpha value is -1.06. The number of benzene rings is 1. The summed E-state index contributed by atoms with van der Waals surface area (Å²) in [5.74, 6) is 1.42. The zero-order valence-electron chi connectivity index (χ0n) is 12.8. The fourth-order valence-corrected chi connectivity index (χ4v) is 2.12. The van der Waals surface area contributed by atoms with Crippen LogP contribution in [0.25, 0.3) is 0 Å². The normalized spacial score (nSPS) is 13.3. The molecule has 1 rings (SSSR count). The lowest BCUT2D eigenvalue weighted by Gasteiger charge is -2.30. The fraction of sp³-hybridized carbons (Fsp3) is 0.625. The van der Waals surface area contributed by atoms with Crippen molar-refractivity contribution in [1.82, 2.24) is 4.90 Å². The van der Waals surface area contributed by atoms with Gasteiger partial charge in [0.2, 0.25) is 0 Å².